The van der Waals surface area contributed by atoms with Crippen molar-refractivity contribution in [2.45, 2.75) is 44.1 Å². The molecule has 234 valence electrons. The first-order valence-corrected chi connectivity index (χ1v) is 14.8. The van der Waals surface area contributed by atoms with Crippen LogP contribution in [0.25, 0.3) is 10.6 Å². The van der Waals surface area contributed by atoms with Crippen molar-refractivity contribution in [2.75, 3.05) is 26.2 Å². The number of carboxylic acid groups (broad SMARTS) is 3. The Morgan fingerprint density at radius 2 is 1.23 bits per heavy atom. The lowest BCUT2D eigenvalue weighted by atomic mass is 9.95. The molecule has 10 heteroatoms. The number of nitrogens with zero attached hydrogens (tertiary/aromatic N) is 1. The number of rotatable bonds is 14. The van der Waals surface area contributed by atoms with Crippen LogP contribution in [0.4, 0.5) is 0 Å². The van der Waals surface area contributed by atoms with E-state index in [0.29, 0.717) is 0 Å². The summed E-state index contributed by atoms with van der Waals surface area (Å²) in [4.78, 5) is 33.0. The van der Waals surface area contributed by atoms with E-state index in [4.69, 9.17) is 36.8 Å². The van der Waals surface area contributed by atoms with Gasteiger partial charge in [-0.1, -0.05) is 84.4 Å². The number of benzene rings is 3. The van der Waals surface area contributed by atoms with Crippen molar-refractivity contribution in [1.82, 2.24) is 4.90 Å². The van der Waals surface area contributed by atoms with Crippen LogP contribution in [0, 0.1) is 0 Å². The van der Waals surface area contributed by atoms with E-state index in [2.05, 4.69) is 29.2 Å². The summed E-state index contributed by atoms with van der Waals surface area (Å²) in [5.41, 5.74) is 1.50. The molecule has 1 saturated heterocycles. The molecule has 0 spiro atoms. The van der Waals surface area contributed by atoms with E-state index in [0.717, 1.165) is 46.1 Å². The molecule has 0 unspecified atom stereocenters. The molecule has 0 amide bonds. The predicted molar refractivity (Wildman–Crippen MR) is 169 cm³/mol. The molecule has 4 N–H and O–H groups in total. The van der Waals surface area contributed by atoms with Crippen LogP contribution in [-0.4, -0.2) is 75.1 Å². The number of unbranched alkanes of at least 4 members (excludes halogenated alkanes) is 1. The maximum Gasteiger partial charge on any atom is 0.336 e. The average Bonchev–Trinajstić information content (AvgIpc) is 3.52. The predicted octanol–water partition coefficient (Wildman–Crippen LogP) is 5.85. The summed E-state index contributed by atoms with van der Waals surface area (Å²) < 4.78 is 5.99. The van der Waals surface area contributed by atoms with Gasteiger partial charge in [0.2, 0.25) is 0 Å². The van der Waals surface area contributed by atoms with Gasteiger partial charge in [0.05, 0.1) is 24.5 Å². The van der Waals surface area contributed by atoms with E-state index in [1.165, 1.54) is 38.9 Å². The number of aliphatic carboxylic acids is 3. The first-order valence-electron chi connectivity index (χ1n) is 14.4. The fourth-order valence-corrected chi connectivity index (χ4v) is 5.16. The number of carbonyl (C=O) groups is 3. The molecule has 4 rings (SSSR count). The number of hydrogen-bond acceptors (Lipinski definition) is 6. The molecule has 3 aromatic rings. The summed E-state index contributed by atoms with van der Waals surface area (Å²) in [6, 6.07) is 28.8. The smallest absolute Gasteiger partial charge is 0.336 e. The number of hydrogen-bond donors (Lipinski definition) is 4. The molecule has 0 bridgehead atoms. The number of ether oxygens (including phenoxy) is 1. The van der Waals surface area contributed by atoms with Crippen molar-refractivity contribution in [2.24, 2.45) is 0 Å². The van der Waals surface area contributed by atoms with Crippen molar-refractivity contribution in [3.05, 3.63) is 102 Å². The molecule has 1 aliphatic heterocycles. The van der Waals surface area contributed by atoms with Gasteiger partial charge in [-0.15, -0.1) is 0 Å². The van der Waals surface area contributed by atoms with Gasteiger partial charge in [-0.05, 0) is 74.1 Å². The van der Waals surface area contributed by atoms with Gasteiger partial charge < -0.3 is 30.1 Å². The lowest BCUT2D eigenvalue weighted by molar-refractivity contribution is -0.170. The summed E-state index contributed by atoms with van der Waals surface area (Å²) >= 11 is 6.90. The molecule has 0 atom stereocenters. The van der Waals surface area contributed by atoms with E-state index < -0.39 is 36.4 Å². The van der Waals surface area contributed by atoms with Crippen LogP contribution in [0.5, 0.6) is 5.75 Å². The van der Waals surface area contributed by atoms with E-state index in [9.17, 15) is 14.4 Å². The molecular weight excluding hydrogens is 586 g/mol. The van der Waals surface area contributed by atoms with E-state index in [1.54, 1.807) is 0 Å². The second-order valence-corrected chi connectivity index (χ2v) is 10.9. The second kappa shape index (κ2) is 17.2. The Morgan fingerprint density at radius 1 is 0.727 bits per heavy atom. The van der Waals surface area contributed by atoms with Crippen LogP contribution >= 0.6 is 11.6 Å². The fourth-order valence-electron chi connectivity index (χ4n) is 4.82. The van der Waals surface area contributed by atoms with Crippen LogP contribution in [-0.2, 0) is 14.4 Å². The van der Waals surface area contributed by atoms with Gasteiger partial charge in [-0.25, -0.2) is 4.79 Å². The van der Waals surface area contributed by atoms with Gasteiger partial charge in [0, 0.05) is 5.57 Å². The van der Waals surface area contributed by atoms with Gasteiger partial charge in [0.25, 0.3) is 0 Å². The Kier molecular flexibility index (Phi) is 13.4. The molecule has 9 nitrogen and oxygen atoms in total. The van der Waals surface area contributed by atoms with Gasteiger partial charge in [0.15, 0.2) is 5.60 Å². The zero-order valence-corrected chi connectivity index (χ0v) is 25.2. The molecule has 1 aliphatic rings. The SMILES string of the molecule is ClC(=C(c1ccccc1)c1ccc(OCCCCN2CCCC2)cc1)c1ccccc1.O=C(O)CC(O)(CC(=O)O)C(=O)O. The molecule has 0 aliphatic carbocycles. The first kappa shape index (κ1) is 34.3. The average molecular weight is 624 g/mol. The third-order valence-corrected chi connectivity index (χ3v) is 7.48. The van der Waals surface area contributed by atoms with Crippen LogP contribution in [0.2, 0.25) is 0 Å². The standard InChI is InChI=1S/C28H30ClNO.C6H8O7/c29-28(25-13-5-2-6-14-25)27(23-11-3-1-4-12-23)24-15-17-26(18-16-24)31-22-10-9-21-30-19-7-8-20-30;7-3(8)1-6(13,5(11)12)2-4(9)10/h1-6,11-18H,7-10,19-22H2;13H,1-2H2,(H,7,8)(H,9,10)(H,11,12). The largest absolute Gasteiger partial charge is 0.494 e. The Hall–Kier alpha value is -4.18. The Morgan fingerprint density at radius 3 is 1.73 bits per heavy atom. The summed E-state index contributed by atoms with van der Waals surface area (Å²) in [6.07, 6.45) is 2.72. The summed E-state index contributed by atoms with van der Waals surface area (Å²) in [5.74, 6) is -4.11. The summed E-state index contributed by atoms with van der Waals surface area (Å²) in [6.45, 7) is 4.50. The van der Waals surface area contributed by atoms with Crippen LogP contribution in [0.15, 0.2) is 84.9 Å². The highest BCUT2D eigenvalue weighted by atomic mass is 35.5. The van der Waals surface area contributed by atoms with Crippen molar-refractivity contribution < 1.29 is 39.5 Å². The number of halogens is 1. The second-order valence-electron chi connectivity index (χ2n) is 10.5. The Balaban J connectivity index is 0.000000345. The zero-order valence-electron chi connectivity index (χ0n) is 24.4. The minimum atomic E-state index is -2.74. The van der Waals surface area contributed by atoms with Gasteiger partial charge in [-0.3, -0.25) is 9.59 Å². The van der Waals surface area contributed by atoms with E-state index >= 15 is 0 Å². The van der Waals surface area contributed by atoms with Crippen molar-refractivity contribution in [1.29, 1.82) is 0 Å². The van der Waals surface area contributed by atoms with Gasteiger partial charge in [0.1, 0.15) is 5.75 Å². The lowest BCUT2D eigenvalue weighted by Crippen LogP contribution is -2.42. The highest BCUT2D eigenvalue weighted by Crippen LogP contribution is 2.35. The molecule has 3 aromatic carbocycles. The maximum absolute atomic E-state index is 10.3. The third kappa shape index (κ3) is 10.8. The molecular formula is C34H38ClNO8. The third-order valence-electron chi connectivity index (χ3n) is 7.07. The molecule has 0 aromatic heterocycles. The zero-order chi connectivity index (χ0) is 32.0. The molecule has 44 heavy (non-hydrogen) atoms. The molecule has 0 saturated carbocycles. The molecule has 1 fully saturated rings. The number of likely N-dealkylation sites (tertiary alicyclic amines) is 1. The van der Waals surface area contributed by atoms with Gasteiger partial charge in [-0.2, -0.15) is 0 Å². The fraction of sp³-hybridized carbons (Fsp3) is 0.324. The maximum atomic E-state index is 10.3. The van der Waals surface area contributed by atoms with Crippen LogP contribution in [0.1, 0.15) is 55.2 Å². The van der Waals surface area contributed by atoms with Crippen molar-refractivity contribution in [3.8, 4) is 5.75 Å². The Labute approximate surface area is 262 Å². The van der Waals surface area contributed by atoms with Crippen molar-refractivity contribution >= 4 is 40.1 Å². The van der Waals surface area contributed by atoms with Crippen LogP contribution in [0.3, 0.4) is 0 Å². The van der Waals surface area contributed by atoms with Crippen molar-refractivity contribution in [3.63, 3.8) is 0 Å². The summed E-state index contributed by atoms with van der Waals surface area (Å²) in [5, 5.41) is 34.6. The highest BCUT2D eigenvalue weighted by molar-refractivity contribution is 6.53. The molecule has 0 radical (unpaired) electrons. The first-order chi connectivity index (χ1) is 21.1. The van der Waals surface area contributed by atoms with Gasteiger partial charge >= 0.3 is 17.9 Å². The quantitative estimate of drug-likeness (QED) is 0.128. The van der Waals surface area contributed by atoms with E-state index in [1.807, 2.05) is 60.7 Å². The monoisotopic (exact) mass is 623 g/mol. The minimum absolute atomic E-state index is 0.752. The summed E-state index contributed by atoms with van der Waals surface area (Å²) in [7, 11) is 0. The normalized spacial score (nSPS) is 13.8. The minimum Gasteiger partial charge on any atom is -0.494 e. The van der Waals surface area contributed by atoms with Crippen LogP contribution < -0.4 is 4.74 Å². The lowest BCUT2D eigenvalue weighted by Gasteiger charge is -2.18. The number of carboxylic acids is 3. The highest BCUT2D eigenvalue weighted by Gasteiger charge is 2.40. The Bertz CT molecular complexity index is 1370. The number of aliphatic hydroxyl groups is 1. The topological polar surface area (TPSA) is 145 Å². The molecule has 1 heterocycles. The van der Waals surface area contributed by atoms with E-state index in [-0.39, 0.29) is 0 Å².